The molecule has 0 radical (unpaired) electrons. The predicted octanol–water partition coefficient (Wildman–Crippen LogP) is 2.78. The smallest absolute Gasteiger partial charge is 0.0586 e. The minimum atomic E-state index is 0.417. The van der Waals surface area contributed by atoms with Gasteiger partial charge in [0, 0.05) is 19.1 Å². The number of rotatable bonds is 3. The zero-order chi connectivity index (χ0) is 11.1. The van der Waals surface area contributed by atoms with Crippen LogP contribution in [0.4, 0.5) is 0 Å². The van der Waals surface area contributed by atoms with Crippen LogP contribution in [0, 0.1) is 5.92 Å². The van der Waals surface area contributed by atoms with E-state index in [0.717, 1.165) is 12.0 Å². The van der Waals surface area contributed by atoms with Crippen LogP contribution in [0.15, 0.2) is 0 Å². The van der Waals surface area contributed by atoms with Crippen molar-refractivity contribution in [2.45, 2.75) is 52.2 Å². The van der Waals surface area contributed by atoms with Gasteiger partial charge in [-0.1, -0.05) is 20.3 Å². The summed E-state index contributed by atoms with van der Waals surface area (Å²) in [4.78, 5) is 2.34. The van der Waals surface area contributed by atoms with Gasteiger partial charge < -0.3 is 9.64 Å². The summed E-state index contributed by atoms with van der Waals surface area (Å²) in [6.07, 6.45) is 4.45. The zero-order valence-electron chi connectivity index (χ0n) is 10.7. The summed E-state index contributed by atoms with van der Waals surface area (Å²) in [6.45, 7) is 6.19. The molecule has 0 bridgehead atoms. The van der Waals surface area contributed by atoms with Crippen LogP contribution in [0.2, 0.25) is 0 Å². The van der Waals surface area contributed by atoms with Crippen molar-refractivity contribution < 1.29 is 4.74 Å². The highest BCUT2D eigenvalue weighted by Crippen LogP contribution is 2.32. The Bertz CT molecular complexity index is 136. The molecule has 0 amide bonds. The van der Waals surface area contributed by atoms with Gasteiger partial charge in [-0.3, -0.25) is 0 Å². The summed E-state index contributed by atoms with van der Waals surface area (Å²) in [5, 5.41) is 0. The maximum atomic E-state index is 5.39. The lowest BCUT2D eigenvalue weighted by molar-refractivity contribution is 0.0404. The van der Waals surface area contributed by atoms with Crippen LogP contribution < -0.4 is 0 Å². The minimum absolute atomic E-state index is 0.417. The third-order valence-corrected chi connectivity index (χ3v) is 3.17. The molecule has 0 spiro atoms. The monoisotopic (exact) mass is 201 g/mol. The first-order valence-corrected chi connectivity index (χ1v) is 5.86. The van der Waals surface area contributed by atoms with E-state index < -0.39 is 0 Å². The Labute approximate surface area is 89.6 Å². The summed E-state index contributed by atoms with van der Waals surface area (Å²) in [6, 6.07) is 0.736. The SMILES string of the molecule is CC.CO[C@@H](C)C1CCCC1N(C)C. The molecule has 0 heterocycles. The van der Waals surface area contributed by atoms with Crippen LogP contribution in [-0.4, -0.2) is 38.3 Å². The highest BCUT2D eigenvalue weighted by atomic mass is 16.5. The van der Waals surface area contributed by atoms with Gasteiger partial charge in [-0.25, -0.2) is 0 Å². The third kappa shape index (κ3) is 3.58. The van der Waals surface area contributed by atoms with Gasteiger partial charge in [0.25, 0.3) is 0 Å². The Hall–Kier alpha value is -0.0800. The molecular formula is C12H27NO. The zero-order valence-corrected chi connectivity index (χ0v) is 10.7. The topological polar surface area (TPSA) is 12.5 Å². The normalized spacial score (nSPS) is 28.5. The molecule has 14 heavy (non-hydrogen) atoms. The van der Waals surface area contributed by atoms with Gasteiger partial charge in [-0.2, -0.15) is 0 Å². The second kappa shape index (κ2) is 7.24. The lowest BCUT2D eigenvalue weighted by Gasteiger charge is -2.29. The largest absolute Gasteiger partial charge is 0.381 e. The Morgan fingerprint density at radius 1 is 1.21 bits per heavy atom. The van der Waals surface area contributed by atoms with E-state index in [4.69, 9.17) is 4.74 Å². The van der Waals surface area contributed by atoms with Crippen LogP contribution in [0.5, 0.6) is 0 Å². The van der Waals surface area contributed by atoms with Crippen LogP contribution in [0.3, 0.4) is 0 Å². The van der Waals surface area contributed by atoms with Crippen molar-refractivity contribution in [3.63, 3.8) is 0 Å². The van der Waals surface area contributed by atoms with Crippen LogP contribution in [0.1, 0.15) is 40.0 Å². The highest BCUT2D eigenvalue weighted by molar-refractivity contribution is 4.86. The summed E-state index contributed by atoms with van der Waals surface area (Å²) in [7, 11) is 6.16. The van der Waals surface area contributed by atoms with Crippen LogP contribution in [-0.2, 0) is 4.74 Å². The molecule has 0 aromatic rings. The fraction of sp³-hybridized carbons (Fsp3) is 1.00. The lowest BCUT2D eigenvalue weighted by Crippen LogP contribution is -2.37. The van der Waals surface area contributed by atoms with Gasteiger partial charge >= 0.3 is 0 Å². The van der Waals surface area contributed by atoms with Gasteiger partial charge in [0.1, 0.15) is 0 Å². The molecule has 1 rings (SSSR count). The second-order valence-corrected chi connectivity index (χ2v) is 4.07. The highest BCUT2D eigenvalue weighted by Gasteiger charge is 2.32. The molecule has 0 N–H and O–H groups in total. The molecule has 0 aromatic heterocycles. The summed E-state index contributed by atoms with van der Waals surface area (Å²) in [5.41, 5.74) is 0. The maximum Gasteiger partial charge on any atom is 0.0586 e. The van der Waals surface area contributed by atoms with Crippen molar-refractivity contribution in [2.24, 2.45) is 5.92 Å². The summed E-state index contributed by atoms with van der Waals surface area (Å²) < 4.78 is 5.39. The molecule has 0 saturated heterocycles. The first kappa shape index (κ1) is 13.9. The van der Waals surface area contributed by atoms with Crippen LogP contribution >= 0.6 is 0 Å². The number of ether oxygens (including phenoxy) is 1. The molecule has 0 aliphatic heterocycles. The second-order valence-electron chi connectivity index (χ2n) is 4.07. The molecule has 2 unspecified atom stereocenters. The molecule has 2 nitrogen and oxygen atoms in total. The molecule has 1 aliphatic carbocycles. The first-order valence-electron chi connectivity index (χ1n) is 5.86. The van der Waals surface area contributed by atoms with Gasteiger partial charge in [0.15, 0.2) is 0 Å². The first-order chi connectivity index (χ1) is 6.66. The van der Waals surface area contributed by atoms with E-state index in [0.29, 0.717) is 6.10 Å². The van der Waals surface area contributed by atoms with E-state index in [1.54, 1.807) is 0 Å². The summed E-state index contributed by atoms with van der Waals surface area (Å²) in [5.74, 6) is 0.741. The molecule has 86 valence electrons. The number of hydrogen-bond acceptors (Lipinski definition) is 2. The minimum Gasteiger partial charge on any atom is -0.381 e. The van der Waals surface area contributed by atoms with Crippen molar-refractivity contribution in [3.05, 3.63) is 0 Å². The average Bonchev–Trinajstić information content (AvgIpc) is 2.68. The quantitative estimate of drug-likeness (QED) is 0.696. The average molecular weight is 201 g/mol. The Kier molecular flexibility index (Phi) is 7.20. The van der Waals surface area contributed by atoms with Crippen LogP contribution in [0.25, 0.3) is 0 Å². The molecular weight excluding hydrogens is 174 g/mol. The van der Waals surface area contributed by atoms with E-state index in [9.17, 15) is 0 Å². The van der Waals surface area contributed by atoms with E-state index in [1.165, 1.54) is 19.3 Å². The third-order valence-electron chi connectivity index (χ3n) is 3.17. The molecule has 1 aliphatic rings. The molecule has 2 heteroatoms. The van der Waals surface area contributed by atoms with Crippen molar-refractivity contribution in [2.75, 3.05) is 21.2 Å². The molecule has 3 atom stereocenters. The lowest BCUT2D eigenvalue weighted by atomic mass is 9.97. The molecule has 0 aromatic carbocycles. The van der Waals surface area contributed by atoms with Gasteiger partial charge in [0.2, 0.25) is 0 Å². The van der Waals surface area contributed by atoms with Gasteiger partial charge in [-0.05, 0) is 33.9 Å². The fourth-order valence-electron chi connectivity index (χ4n) is 2.33. The summed E-state index contributed by atoms with van der Waals surface area (Å²) >= 11 is 0. The number of nitrogens with zero attached hydrogens (tertiary/aromatic N) is 1. The Morgan fingerprint density at radius 3 is 2.21 bits per heavy atom. The van der Waals surface area contributed by atoms with Gasteiger partial charge in [0.05, 0.1) is 6.10 Å². The maximum absolute atomic E-state index is 5.39. The van der Waals surface area contributed by atoms with Crippen molar-refractivity contribution in [1.82, 2.24) is 4.90 Å². The van der Waals surface area contributed by atoms with E-state index in [1.807, 2.05) is 21.0 Å². The number of methoxy groups -OCH3 is 1. The van der Waals surface area contributed by atoms with Crippen molar-refractivity contribution in [3.8, 4) is 0 Å². The predicted molar refractivity (Wildman–Crippen MR) is 62.6 cm³/mol. The molecule has 1 fully saturated rings. The van der Waals surface area contributed by atoms with E-state index in [-0.39, 0.29) is 0 Å². The fourth-order valence-corrected chi connectivity index (χ4v) is 2.33. The van der Waals surface area contributed by atoms with Crippen molar-refractivity contribution >= 4 is 0 Å². The molecule has 1 saturated carbocycles. The van der Waals surface area contributed by atoms with E-state index >= 15 is 0 Å². The van der Waals surface area contributed by atoms with Crippen molar-refractivity contribution in [1.29, 1.82) is 0 Å². The van der Waals surface area contributed by atoms with Gasteiger partial charge in [-0.15, -0.1) is 0 Å². The standard InChI is InChI=1S/C10H21NO.C2H6/c1-8(12-4)9-6-5-7-10(9)11(2)3;1-2/h8-10H,5-7H2,1-4H3;1-2H3/t8-,9?,10?;/m0./s1. The van der Waals surface area contributed by atoms with E-state index in [2.05, 4.69) is 25.9 Å². The number of hydrogen-bond donors (Lipinski definition) is 0. The Morgan fingerprint density at radius 2 is 1.79 bits per heavy atom. The Balaban J connectivity index is 0.000000791.